The van der Waals surface area contributed by atoms with Crippen LogP contribution in [0.1, 0.15) is 12.6 Å². The van der Waals surface area contributed by atoms with Gasteiger partial charge in [0.05, 0.1) is 25.7 Å². The molecule has 1 aliphatic rings. The number of carbonyl (C=O) groups excluding carboxylic acids is 1. The summed E-state index contributed by atoms with van der Waals surface area (Å²) in [5.74, 6) is -0.0473. The topological polar surface area (TPSA) is 60.5 Å². The smallest absolute Gasteiger partial charge is 0.226 e. The molecule has 2 heterocycles. The molecule has 1 aromatic heterocycles. The van der Waals surface area contributed by atoms with E-state index in [2.05, 4.69) is 10.3 Å². The van der Waals surface area contributed by atoms with Crippen molar-refractivity contribution in [2.75, 3.05) is 19.8 Å². The van der Waals surface area contributed by atoms with Crippen molar-refractivity contribution < 1.29 is 14.3 Å². The first kappa shape index (κ1) is 13.0. The predicted octanol–water partition coefficient (Wildman–Crippen LogP) is 0.544. The zero-order valence-electron chi connectivity index (χ0n) is 10.5. The molecule has 1 aliphatic heterocycles. The van der Waals surface area contributed by atoms with Crippen LogP contribution in [0.4, 0.5) is 0 Å². The Morgan fingerprint density at radius 3 is 3.17 bits per heavy atom. The molecule has 98 valence electrons. The third kappa shape index (κ3) is 3.51. The van der Waals surface area contributed by atoms with Gasteiger partial charge in [0.25, 0.3) is 0 Å². The van der Waals surface area contributed by atoms with E-state index in [0.717, 1.165) is 5.69 Å². The lowest BCUT2D eigenvalue weighted by molar-refractivity contribution is -0.122. The molecule has 0 radical (unpaired) electrons. The van der Waals surface area contributed by atoms with Crippen molar-refractivity contribution in [2.45, 2.75) is 25.5 Å². The van der Waals surface area contributed by atoms with E-state index in [4.69, 9.17) is 9.47 Å². The average Bonchev–Trinajstić information content (AvgIpc) is 2.78. The second-order valence-corrected chi connectivity index (χ2v) is 4.20. The summed E-state index contributed by atoms with van der Waals surface area (Å²) in [6.45, 7) is 3.62. The number of carbonyl (C=O) groups is 1. The van der Waals surface area contributed by atoms with Crippen LogP contribution in [0.25, 0.3) is 0 Å². The Kier molecular flexibility index (Phi) is 4.66. The summed E-state index contributed by atoms with van der Waals surface area (Å²) in [5, 5.41) is 2.93. The molecule has 1 fully saturated rings. The lowest BCUT2D eigenvalue weighted by Crippen LogP contribution is -2.44. The zero-order chi connectivity index (χ0) is 12.8. The summed E-state index contributed by atoms with van der Waals surface area (Å²) in [6.07, 6.45) is 1.93. The van der Waals surface area contributed by atoms with Gasteiger partial charge in [-0.2, -0.15) is 0 Å². The molecule has 1 aromatic rings. The Balaban J connectivity index is 1.84. The van der Waals surface area contributed by atoms with Crippen LogP contribution in [-0.2, 0) is 20.7 Å². The molecule has 0 aromatic carbocycles. The highest BCUT2D eigenvalue weighted by atomic mass is 16.5. The average molecular weight is 250 g/mol. The van der Waals surface area contributed by atoms with Crippen molar-refractivity contribution >= 4 is 5.91 Å². The van der Waals surface area contributed by atoms with E-state index in [0.29, 0.717) is 19.8 Å². The van der Waals surface area contributed by atoms with Crippen LogP contribution in [-0.4, -0.2) is 42.9 Å². The van der Waals surface area contributed by atoms with E-state index in [9.17, 15) is 4.79 Å². The first-order valence-corrected chi connectivity index (χ1v) is 6.18. The predicted molar refractivity (Wildman–Crippen MR) is 66.1 cm³/mol. The van der Waals surface area contributed by atoms with Gasteiger partial charge < -0.3 is 14.8 Å². The molecule has 2 atom stereocenters. The quantitative estimate of drug-likeness (QED) is 0.828. The fourth-order valence-corrected chi connectivity index (χ4v) is 1.97. The number of hydrogen-bond acceptors (Lipinski definition) is 4. The minimum atomic E-state index is -0.0545. The molecule has 2 rings (SSSR count). The fourth-order valence-electron chi connectivity index (χ4n) is 1.97. The van der Waals surface area contributed by atoms with Crippen LogP contribution < -0.4 is 5.32 Å². The highest BCUT2D eigenvalue weighted by Gasteiger charge is 2.29. The number of rotatable bonds is 5. The molecule has 1 amide bonds. The second kappa shape index (κ2) is 6.47. The van der Waals surface area contributed by atoms with Gasteiger partial charge in [-0.15, -0.1) is 0 Å². The van der Waals surface area contributed by atoms with Crippen molar-refractivity contribution in [3.63, 3.8) is 0 Å². The van der Waals surface area contributed by atoms with Crippen molar-refractivity contribution in [1.82, 2.24) is 10.3 Å². The fraction of sp³-hybridized carbons (Fsp3) is 0.538. The number of ether oxygens (including phenoxy) is 2. The summed E-state index contributed by atoms with van der Waals surface area (Å²) in [5.41, 5.74) is 0.766. The highest BCUT2D eigenvalue weighted by molar-refractivity contribution is 5.78. The molecule has 5 nitrogen and oxygen atoms in total. The first-order chi connectivity index (χ1) is 8.79. The van der Waals surface area contributed by atoms with E-state index < -0.39 is 0 Å². The number of hydrogen-bond donors (Lipinski definition) is 1. The minimum Gasteiger partial charge on any atom is -0.376 e. The van der Waals surface area contributed by atoms with E-state index in [1.165, 1.54) is 0 Å². The van der Waals surface area contributed by atoms with Crippen LogP contribution in [0.2, 0.25) is 0 Å². The number of aromatic nitrogens is 1. The Hall–Kier alpha value is -1.46. The van der Waals surface area contributed by atoms with Gasteiger partial charge in [-0.1, -0.05) is 6.07 Å². The standard InChI is InChI=1S/C13H18N2O3/c1-2-18-12-9-17-8-11(12)15-13(16)7-10-5-3-4-6-14-10/h3-6,11-12H,2,7-9H2,1H3,(H,15,16)/t11-,12-/m0/s1. The summed E-state index contributed by atoms with van der Waals surface area (Å²) < 4.78 is 10.8. The van der Waals surface area contributed by atoms with Crippen molar-refractivity contribution in [3.05, 3.63) is 30.1 Å². The SMILES string of the molecule is CCO[C@H]1COC[C@@H]1NC(=O)Cc1ccccn1. The molecule has 0 unspecified atom stereocenters. The van der Waals surface area contributed by atoms with Gasteiger partial charge in [-0.3, -0.25) is 9.78 Å². The maximum atomic E-state index is 11.9. The first-order valence-electron chi connectivity index (χ1n) is 6.18. The van der Waals surface area contributed by atoms with Crippen LogP contribution >= 0.6 is 0 Å². The number of nitrogens with one attached hydrogen (secondary N) is 1. The number of pyridine rings is 1. The lowest BCUT2D eigenvalue weighted by Gasteiger charge is -2.18. The summed E-state index contributed by atoms with van der Waals surface area (Å²) in [7, 11) is 0. The summed E-state index contributed by atoms with van der Waals surface area (Å²) >= 11 is 0. The van der Waals surface area contributed by atoms with Gasteiger partial charge >= 0.3 is 0 Å². The van der Waals surface area contributed by atoms with Gasteiger partial charge in [-0.25, -0.2) is 0 Å². The molecule has 18 heavy (non-hydrogen) atoms. The Bertz CT molecular complexity index is 383. The van der Waals surface area contributed by atoms with Crippen molar-refractivity contribution in [2.24, 2.45) is 0 Å². The molecular weight excluding hydrogens is 232 g/mol. The van der Waals surface area contributed by atoms with Crippen molar-refractivity contribution in [3.8, 4) is 0 Å². The van der Waals surface area contributed by atoms with Gasteiger partial charge in [0.1, 0.15) is 6.10 Å². The van der Waals surface area contributed by atoms with Gasteiger partial charge in [-0.05, 0) is 19.1 Å². The van der Waals surface area contributed by atoms with Crippen LogP contribution in [0.3, 0.4) is 0 Å². The molecule has 1 saturated heterocycles. The van der Waals surface area contributed by atoms with E-state index in [1.54, 1.807) is 6.20 Å². The largest absolute Gasteiger partial charge is 0.376 e. The van der Waals surface area contributed by atoms with E-state index in [-0.39, 0.29) is 24.5 Å². The van der Waals surface area contributed by atoms with Gasteiger partial charge in [0.2, 0.25) is 5.91 Å². The molecular formula is C13H18N2O3. The Labute approximate surface area is 107 Å². The van der Waals surface area contributed by atoms with Gasteiger partial charge in [0.15, 0.2) is 0 Å². The Morgan fingerprint density at radius 2 is 2.44 bits per heavy atom. The normalized spacial score (nSPS) is 22.9. The van der Waals surface area contributed by atoms with Crippen molar-refractivity contribution in [1.29, 1.82) is 0 Å². The Morgan fingerprint density at radius 1 is 1.56 bits per heavy atom. The highest BCUT2D eigenvalue weighted by Crippen LogP contribution is 2.10. The third-order valence-corrected chi connectivity index (χ3v) is 2.82. The minimum absolute atomic E-state index is 0.0392. The van der Waals surface area contributed by atoms with Gasteiger partial charge in [0, 0.05) is 18.5 Å². The van der Waals surface area contributed by atoms with Crippen LogP contribution in [0.15, 0.2) is 24.4 Å². The van der Waals surface area contributed by atoms with Crippen LogP contribution in [0, 0.1) is 0 Å². The molecule has 0 spiro atoms. The lowest BCUT2D eigenvalue weighted by atomic mass is 10.2. The molecule has 1 N–H and O–H groups in total. The molecule has 5 heteroatoms. The summed E-state index contributed by atoms with van der Waals surface area (Å²) in [4.78, 5) is 16.0. The maximum absolute atomic E-state index is 11.9. The maximum Gasteiger partial charge on any atom is 0.226 e. The van der Waals surface area contributed by atoms with E-state index in [1.807, 2.05) is 25.1 Å². The third-order valence-electron chi connectivity index (χ3n) is 2.82. The molecule has 0 bridgehead atoms. The molecule has 0 aliphatic carbocycles. The zero-order valence-corrected chi connectivity index (χ0v) is 10.5. The second-order valence-electron chi connectivity index (χ2n) is 4.20. The number of amides is 1. The monoisotopic (exact) mass is 250 g/mol. The number of nitrogens with zero attached hydrogens (tertiary/aromatic N) is 1. The van der Waals surface area contributed by atoms with Crippen LogP contribution in [0.5, 0.6) is 0 Å². The molecule has 0 saturated carbocycles. The summed E-state index contributed by atoms with van der Waals surface area (Å²) in [6, 6.07) is 5.49. The van der Waals surface area contributed by atoms with E-state index >= 15 is 0 Å².